The first-order valence-electron chi connectivity index (χ1n) is 6.16. The molecule has 1 aromatic heterocycles. The van der Waals surface area contributed by atoms with Crippen LogP contribution in [-0.2, 0) is 4.74 Å². The van der Waals surface area contributed by atoms with Gasteiger partial charge < -0.3 is 9.64 Å². The Labute approximate surface area is 115 Å². The quantitative estimate of drug-likeness (QED) is 0.791. The first kappa shape index (κ1) is 12.4. The van der Waals surface area contributed by atoms with E-state index >= 15 is 0 Å². The number of pyridine rings is 1. The molecule has 0 radical (unpaired) electrons. The second-order valence-electron chi connectivity index (χ2n) is 4.46. The van der Waals surface area contributed by atoms with Gasteiger partial charge in [0.1, 0.15) is 5.82 Å². The second kappa shape index (κ2) is 5.15. The van der Waals surface area contributed by atoms with E-state index in [2.05, 4.69) is 9.88 Å². The maximum atomic E-state index is 11.3. The van der Waals surface area contributed by atoms with E-state index in [-0.39, 0.29) is 0 Å². The zero-order valence-electron chi connectivity index (χ0n) is 10.3. The van der Waals surface area contributed by atoms with E-state index in [1.807, 2.05) is 18.2 Å². The van der Waals surface area contributed by atoms with Crippen molar-refractivity contribution in [2.24, 2.45) is 0 Å². The van der Waals surface area contributed by atoms with Crippen molar-refractivity contribution >= 4 is 34.6 Å². The Hall–Kier alpha value is -1.65. The monoisotopic (exact) mass is 276 g/mol. The molecule has 1 saturated heterocycles. The lowest BCUT2D eigenvalue weighted by atomic mass is 10.1. The van der Waals surface area contributed by atoms with Gasteiger partial charge in [-0.05, 0) is 18.2 Å². The summed E-state index contributed by atoms with van der Waals surface area (Å²) in [6.45, 7) is 2.82. The summed E-state index contributed by atoms with van der Waals surface area (Å²) in [6.07, 6.45) is 0.853. The number of hydrogen-bond donors (Lipinski definition) is 0. The number of ether oxygens (including phenoxy) is 1. The molecule has 0 spiro atoms. The SMILES string of the molecule is O=Cc1cc2ccc(Cl)cc2nc1N1CCOCC1. The summed E-state index contributed by atoms with van der Waals surface area (Å²) < 4.78 is 5.32. The summed E-state index contributed by atoms with van der Waals surface area (Å²) >= 11 is 5.99. The molecule has 98 valence electrons. The number of nitrogens with zero attached hydrogens (tertiary/aromatic N) is 2. The Bertz CT molecular complexity index is 624. The van der Waals surface area contributed by atoms with Gasteiger partial charge in [-0.15, -0.1) is 0 Å². The largest absolute Gasteiger partial charge is 0.378 e. The van der Waals surface area contributed by atoms with Gasteiger partial charge in [0.2, 0.25) is 0 Å². The number of carbonyl (C=O) groups is 1. The topological polar surface area (TPSA) is 42.4 Å². The van der Waals surface area contributed by atoms with Gasteiger partial charge in [0.15, 0.2) is 6.29 Å². The molecule has 2 aromatic rings. The summed E-state index contributed by atoms with van der Waals surface area (Å²) in [5.41, 5.74) is 1.41. The number of halogens is 1. The van der Waals surface area contributed by atoms with Crippen molar-refractivity contribution < 1.29 is 9.53 Å². The summed E-state index contributed by atoms with van der Waals surface area (Å²) in [4.78, 5) is 17.9. The van der Waals surface area contributed by atoms with E-state index in [1.165, 1.54) is 0 Å². The van der Waals surface area contributed by atoms with E-state index in [1.54, 1.807) is 6.07 Å². The molecule has 4 nitrogen and oxygen atoms in total. The molecule has 1 aliphatic rings. The molecule has 0 N–H and O–H groups in total. The Kier molecular flexibility index (Phi) is 3.36. The number of benzene rings is 1. The van der Waals surface area contributed by atoms with E-state index in [4.69, 9.17) is 16.3 Å². The third-order valence-corrected chi connectivity index (χ3v) is 3.46. The van der Waals surface area contributed by atoms with E-state index in [9.17, 15) is 4.79 Å². The zero-order chi connectivity index (χ0) is 13.2. The number of hydrogen-bond acceptors (Lipinski definition) is 4. The lowest BCUT2D eigenvalue weighted by Gasteiger charge is -2.28. The molecule has 19 heavy (non-hydrogen) atoms. The van der Waals surface area contributed by atoms with Crippen LogP contribution in [0.1, 0.15) is 10.4 Å². The number of aldehydes is 1. The number of carbonyl (C=O) groups excluding carboxylic acids is 1. The smallest absolute Gasteiger partial charge is 0.153 e. The molecule has 0 atom stereocenters. The van der Waals surface area contributed by atoms with Crippen molar-refractivity contribution in [2.75, 3.05) is 31.2 Å². The zero-order valence-corrected chi connectivity index (χ0v) is 11.1. The Balaban J connectivity index is 2.12. The molecule has 0 aliphatic carbocycles. The van der Waals surface area contributed by atoms with Crippen LogP contribution in [0.3, 0.4) is 0 Å². The fourth-order valence-corrected chi connectivity index (χ4v) is 2.43. The van der Waals surface area contributed by atoms with Crippen molar-refractivity contribution in [3.8, 4) is 0 Å². The number of anilines is 1. The van der Waals surface area contributed by atoms with E-state index in [0.29, 0.717) is 29.6 Å². The minimum Gasteiger partial charge on any atom is -0.378 e. The van der Waals surface area contributed by atoms with Crippen molar-refractivity contribution in [3.63, 3.8) is 0 Å². The molecule has 0 amide bonds. The average Bonchev–Trinajstić information content (AvgIpc) is 2.46. The minimum atomic E-state index is 0.608. The van der Waals surface area contributed by atoms with Gasteiger partial charge in [-0.2, -0.15) is 0 Å². The van der Waals surface area contributed by atoms with Crippen molar-refractivity contribution in [1.29, 1.82) is 0 Å². The molecule has 1 fully saturated rings. The average molecular weight is 277 g/mol. The van der Waals surface area contributed by atoms with Crippen LogP contribution in [0.2, 0.25) is 5.02 Å². The van der Waals surface area contributed by atoms with Crippen molar-refractivity contribution in [3.05, 3.63) is 34.9 Å². The van der Waals surface area contributed by atoms with E-state index < -0.39 is 0 Å². The number of fused-ring (bicyclic) bond motifs is 1. The molecular weight excluding hydrogens is 264 g/mol. The molecule has 1 aliphatic heterocycles. The third kappa shape index (κ3) is 2.41. The Morgan fingerprint density at radius 1 is 1.26 bits per heavy atom. The molecule has 0 bridgehead atoms. The second-order valence-corrected chi connectivity index (χ2v) is 4.89. The molecule has 5 heteroatoms. The molecule has 3 rings (SSSR count). The molecule has 0 saturated carbocycles. The fraction of sp³-hybridized carbons (Fsp3) is 0.286. The molecular formula is C14H13ClN2O2. The van der Waals surface area contributed by atoms with Crippen LogP contribution in [0, 0.1) is 0 Å². The number of morpholine rings is 1. The lowest BCUT2D eigenvalue weighted by molar-refractivity contribution is 0.111. The van der Waals surface area contributed by atoms with Gasteiger partial charge in [0.05, 0.1) is 24.3 Å². The van der Waals surface area contributed by atoms with Gasteiger partial charge in [-0.1, -0.05) is 17.7 Å². The van der Waals surface area contributed by atoms with Gasteiger partial charge in [-0.25, -0.2) is 4.98 Å². The maximum absolute atomic E-state index is 11.3. The highest BCUT2D eigenvalue weighted by Gasteiger charge is 2.17. The highest BCUT2D eigenvalue weighted by molar-refractivity contribution is 6.31. The van der Waals surface area contributed by atoms with Crippen LogP contribution in [0.5, 0.6) is 0 Å². The molecule has 2 heterocycles. The first-order valence-corrected chi connectivity index (χ1v) is 6.54. The first-order chi connectivity index (χ1) is 9.28. The minimum absolute atomic E-state index is 0.608. The summed E-state index contributed by atoms with van der Waals surface area (Å²) in [5, 5.41) is 1.57. The molecule has 1 aromatic carbocycles. The Morgan fingerprint density at radius 2 is 2.05 bits per heavy atom. The van der Waals surface area contributed by atoms with Crippen LogP contribution in [0.25, 0.3) is 10.9 Å². The van der Waals surface area contributed by atoms with Gasteiger partial charge in [0.25, 0.3) is 0 Å². The van der Waals surface area contributed by atoms with Gasteiger partial charge >= 0.3 is 0 Å². The van der Waals surface area contributed by atoms with Crippen LogP contribution < -0.4 is 4.90 Å². The van der Waals surface area contributed by atoms with Crippen LogP contribution in [0.4, 0.5) is 5.82 Å². The van der Waals surface area contributed by atoms with Crippen LogP contribution >= 0.6 is 11.6 Å². The normalized spacial score (nSPS) is 15.7. The lowest BCUT2D eigenvalue weighted by Crippen LogP contribution is -2.37. The third-order valence-electron chi connectivity index (χ3n) is 3.23. The van der Waals surface area contributed by atoms with E-state index in [0.717, 1.165) is 30.3 Å². The van der Waals surface area contributed by atoms with Crippen molar-refractivity contribution in [2.45, 2.75) is 0 Å². The summed E-state index contributed by atoms with van der Waals surface area (Å²) in [5.74, 6) is 0.716. The van der Waals surface area contributed by atoms with Gasteiger partial charge in [-0.3, -0.25) is 4.79 Å². The Morgan fingerprint density at radius 3 is 2.79 bits per heavy atom. The summed E-state index contributed by atoms with van der Waals surface area (Å²) in [7, 11) is 0. The predicted octanol–water partition coefficient (Wildman–Crippen LogP) is 2.54. The molecule has 0 unspecified atom stereocenters. The van der Waals surface area contributed by atoms with Crippen LogP contribution in [-0.4, -0.2) is 37.6 Å². The maximum Gasteiger partial charge on any atom is 0.153 e. The van der Waals surface area contributed by atoms with Gasteiger partial charge in [0, 0.05) is 23.5 Å². The van der Waals surface area contributed by atoms with Crippen LogP contribution in [0.15, 0.2) is 24.3 Å². The fourth-order valence-electron chi connectivity index (χ4n) is 2.26. The predicted molar refractivity (Wildman–Crippen MR) is 75.2 cm³/mol. The summed E-state index contributed by atoms with van der Waals surface area (Å²) in [6, 6.07) is 7.35. The number of rotatable bonds is 2. The highest BCUT2D eigenvalue weighted by atomic mass is 35.5. The highest BCUT2D eigenvalue weighted by Crippen LogP contribution is 2.25. The van der Waals surface area contributed by atoms with Crippen molar-refractivity contribution in [1.82, 2.24) is 4.98 Å². The number of aromatic nitrogens is 1. The standard InChI is InChI=1S/C14H13ClN2O2/c15-12-2-1-10-7-11(9-18)14(16-13(10)8-12)17-3-5-19-6-4-17/h1-2,7-9H,3-6H2.